The Morgan fingerprint density at radius 3 is 2.49 bits per heavy atom. The fourth-order valence-electron chi connectivity index (χ4n) is 5.99. The molecule has 0 aliphatic carbocycles. The number of alkyl halides is 3. The lowest BCUT2D eigenvalue weighted by molar-refractivity contribution is -0.148. The molecular formula is C31H39F3N8O3. The number of likely N-dealkylation sites (N-methyl/N-ethyl adjacent to an activating group) is 1. The summed E-state index contributed by atoms with van der Waals surface area (Å²) in [7, 11) is 1.58. The van der Waals surface area contributed by atoms with Crippen LogP contribution in [0.5, 0.6) is 0 Å². The molecule has 242 valence electrons. The van der Waals surface area contributed by atoms with Crippen molar-refractivity contribution in [2.45, 2.75) is 63.7 Å². The SMILES string of the molecule is CNC(=O)C1CN(C(C)C)CCN1C(=O)c1ccc(Nc2nc3n(n2)C=CCC3C2=CCN(C(=O)CCC(F)(F)F)CC2)cc1. The number of nitrogens with one attached hydrogen (secondary N) is 2. The van der Waals surface area contributed by atoms with E-state index in [1.807, 2.05) is 18.4 Å². The molecular weight excluding hydrogens is 589 g/mol. The van der Waals surface area contributed by atoms with Crippen molar-refractivity contribution in [1.82, 2.24) is 34.8 Å². The van der Waals surface area contributed by atoms with Gasteiger partial charge in [-0.05, 0) is 51.0 Å². The molecule has 1 aromatic heterocycles. The number of hydrogen-bond donors (Lipinski definition) is 2. The van der Waals surface area contributed by atoms with Crippen molar-refractivity contribution in [3.8, 4) is 0 Å². The zero-order valence-corrected chi connectivity index (χ0v) is 25.7. The maximum Gasteiger partial charge on any atom is 0.389 e. The lowest BCUT2D eigenvalue weighted by Crippen LogP contribution is -2.61. The van der Waals surface area contributed by atoms with Crippen LogP contribution in [-0.4, -0.2) is 105 Å². The van der Waals surface area contributed by atoms with Crippen LogP contribution in [0.2, 0.25) is 0 Å². The minimum Gasteiger partial charge on any atom is -0.357 e. The zero-order valence-electron chi connectivity index (χ0n) is 25.7. The summed E-state index contributed by atoms with van der Waals surface area (Å²) >= 11 is 0. The minimum absolute atomic E-state index is 0.0603. The van der Waals surface area contributed by atoms with E-state index in [-0.39, 0.29) is 30.3 Å². The Kier molecular flexibility index (Phi) is 9.61. The smallest absolute Gasteiger partial charge is 0.357 e. The summed E-state index contributed by atoms with van der Waals surface area (Å²) < 4.78 is 39.3. The van der Waals surface area contributed by atoms with Crippen molar-refractivity contribution in [2.75, 3.05) is 45.1 Å². The van der Waals surface area contributed by atoms with E-state index in [1.165, 1.54) is 4.90 Å². The number of carbonyl (C=O) groups excluding carboxylic acids is 3. The lowest BCUT2D eigenvalue weighted by atomic mass is 9.89. The molecule has 3 aliphatic heterocycles. The molecule has 4 heterocycles. The van der Waals surface area contributed by atoms with Crippen molar-refractivity contribution >= 4 is 35.6 Å². The molecule has 0 saturated carbocycles. The van der Waals surface area contributed by atoms with E-state index in [9.17, 15) is 27.6 Å². The Morgan fingerprint density at radius 1 is 1.09 bits per heavy atom. The second-order valence-electron chi connectivity index (χ2n) is 11.8. The summed E-state index contributed by atoms with van der Waals surface area (Å²) in [6.45, 7) is 6.41. The first-order chi connectivity index (χ1) is 21.4. The summed E-state index contributed by atoms with van der Waals surface area (Å²) in [6.07, 6.45) is 0.992. The molecule has 5 rings (SSSR count). The Balaban J connectivity index is 1.22. The molecule has 1 aromatic carbocycles. The van der Waals surface area contributed by atoms with Crippen LogP contribution in [0, 0.1) is 0 Å². The standard InChI is InChI=1S/C31H39F3N8O3/c1-20(2)40-17-18-41(25(19-40)28(44)35-3)29(45)22-6-8-23(9-7-22)36-30-37-27-24(5-4-14-42(27)38-30)21-11-15-39(16-12-21)26(43)10-13-31(32,33)34/h4,6-9,11,14,20,24-25H,5,10,12-13,15-19H2,1-3H3,(H,35,44)(H,36,38). The van der Waals surface area contributed by atoms with Crippen LogP contribution in [0.3, 0.4) is 0 Å². The third-order valence-corrected chi connectivity index (χ3v) is 8.59. The molecule has 2 aromatic rings. The molecule has 3 aliphatic rings. The van der Waals surface area contributed by atoms with Gasteiger partial charge in [0.05, 0.1) is 6.42 Å². The first-order valence-corrected chi connectivity index (χ1v) is 15.2. The molecule has 3 amide bonds. The molecule has 2 atom stereocenters. The van der Waals surface area contributed by atoms with Gasteiger partial charge in [0.2, 0.25) is 17.8 Å². The minimum atomic E-state index is -4.35. The summed E-state index contributed by atoms with van der Waals surface area (Å²) in [5.74, 6) is 0.165. The van der Waals surface area contributed by atoms with Crippen molar-refractivity contribution in [2.24, 2.45) is 0 Å². The summed E-state index contributed by atoms with van der Waals surface area (Å²) in [5, 5.41) is 10.4. The molecule has 1 saturated heterocycles. The van der Waals surface area contributed by atoms with Gasteiger partial charge in [0.1, 0.15) is 11.9 Å². The van der Waals surface area contributed by atoms with Gasteiger partial charge in [0.15, 0.2) is 0 Å². The van der Waals surface area contributed by atoms with Gasteiger partial charge < -0.3 is 20.4 Å². The van der Waals surface area contributed by atoms with Crippen LogP contribution in [0.4, 0.5) is 24.8 Å². The Labute approximate surface area is 260 Å². The van der Waals surface area contributed by atoms with Crippen molar-refractivity contribution in [3.63, 3.8) is 0 Å². The fourth-order valence-corrected chi connectivity index (χ4v) is 5.99. The third-order valence-electron chi connectivity index (χ3n) is 8.59. The van der Waals surface area contributed by atoms with Crippen LogP contribution in [0.15, 0.2) is 42.0 Å². The number of fused-ring (bicyclic) bond motifs is 1. The van der Waals surface area contributed by atoms with Gasteiger partial charge in [0, 0.05) is 75.6 Å². The van der Waals surface area contributed by atoms with E-state index >= 15 is 0 Å². The Morgan fingerprint density at radius 2 is 1.84 bits per heavy atom. The van der Waals surface area contributed by atoms with E-state index in [2.05, 4.69) is 34.5 Å². The molecule has 0 bridgehead atoms. The summed E-state index contributed by atoms with van der Waals surface area (Å²) in [6, 6.07) is 6.67. The van der Waals surface area contributed by atoms with Crippen LogP contribution < -0.4 is 10.6 Å². The molecule has 11 nitrogen and oxygen atoms in total. The molecule has 45 heavy (non-hydrogen) atoms. The fraction of sp³-hybridized carbons (Fsp3) is 0.516. The van der Waals surface area contributed by atoms with Crippen LogP contribution in [-0.2, 0) is 9.59 Å². The summed E-state index contributed by atoms with van der Waals surface area (Å²) in [4.78, 5) is 48.3. The second-order valence-corrected chi connectivity index (χ2v) is 11.8. The number of rotatable bonds is 8. The van der Waals surface area contributed by atoms with Gasteiger partial charge in [-0.25, -0.2) is 4.68 Å². The van der Waals surface area contributed by atoms with Gasteiger partial charge in [-0.1, -0.05) is 17.7 Å². The molecule has 1 fully saturated rings. The highest BCUT2D eigenvalue weighted by atomic mass is 19.4. The highest BCUT2D eigenvalue weighted by Crippen LogP contribution is 2.35. The van der Waals surface area contributed by atoms with Crippen molar-refractivity contribution < 1.29 is 27.6 Å². The molecule has 0 spiro atoms. The predicted octanol–water partition coefficient (Wildman–Crippen LogP) is 3.76. The first kappa shape index (κ1) is 32.2. The van der Waals surface area contributed by atoms with Gasteiger partial charge in [-0.2, -0.15) is 18.2 Å². The van der Waals surface area contributed by atoms with Gasteiger partial charge in [0.25, 0.3) is 5.91 Å². The predicted molar refractivity (Wildman–Crippen MR) is 163 cm³/mol. The topological polar surface area (TPSA) is 116 Å². The van der Waals surface area contributed by atoms with Crippen LogP contribution in [0.1, 0.15) is 61.6 Å². The zero-order chi connectivity index (χ0) is 32.3. The van der Waals surface area contributed by atoms with Gasteiger partial charge >= 0.3 is 6.18 Å². The van der Waals surface area contributed by atoms with E-state index in [0.717, 1.165) is 11.4 Å². The van der Waals surface area contributed by atoms with Crippen molar-refractivity contribution in [3.05, 3.63) is 53.4 Å². The highest BCUT2D eigenvalue weighted by Gasteiger charge is 2.36. The second kappa shape index (κ2) is 13.4. The molecule has 0 radical (unpaired) electrons. The summed E-state index contributed by atoms with van der Waals surface area (Å²) in [5.41, 5.74) is 2.24. The van der Waals surface area contributed by atoms with E-state index in [0.29, 0.717) is 56.2 Å². The highest BCUT2D eigenvalue weighted by molar-refractivity contribution is 5.98. The average Bonchev–Trinajstić information content (AvgIpc) is 3.45. The number of allylic oxidation sites excluding steroid dienone is 1. The lowest BCUT2D eigenvalue weighted by Gasteiger charge is -2.42. The molecule has 14 heteroatoms. The largest absolute Gasteiger partial charge is 0.389 e. The number of aromatic nitrogens is 3. The number of hydrogen-bond acceptors (Lipinski definition) is 7. The van der Waals surface area contributed by atoms with E-state index < -0.39 is 31.0 Å². The van der Waals surface area contributed by atoms with E-state index in [1.54, 1.807) is 40.9 Å². The maximum absolute atomic E-state index is 13.4. The van der Waals surface area contributed by atoms with Gasteiger partial charge in [-0.3, -0.25) is 19.3 Å². The number of benzene rings is 1. The normalized spacial score (nSPS) is 20.6. The van der Waals surface area contributed by atoms with E-state index in [4.69, 9.17) is 4.98 Å². The van der Waals surface area contributed by atoms with Crippen LogP contribution >= 0.6 is 0 Å². The van der Waals surface area contributed by atoms with Crippen LogP contribution in [0.25, 0.3) is 6.20 Å². The average molecular weight is 629 g/mol. The maximum atomic E-state index is 13.4. The van der Waals surface area contributed by atoms with Crippen molar-refractivity contribution in [1.29, 1.82) is 0 Å². The molecule has 2 unspecified atom stereocenters. The molecule has 2 N–H and O–H groups in total. The number of amides is 3. The Hall–Kier alpha value is -4.20. The number of nitrogens with zero attached hydrogens (tertiary/aromatic N) is 6. The number of carbonyl (C=O) groups is 3. The van der Waals surface area contributed by atoms with Gasteiger partial charge in [-0.15, -0.1) is 5.10 Å². The number of halogens is 3. The number of piperazine rings is 1. The number of anilines is 2. The monoisotopic (exact) mass is 628 g/mol. The third kappa shape index (κ3) is 7.55. The Bertz CT molecular complexity index is 1470. The quantitative estimate of drug-likeness (QED) is 0.428. The first-order valence-electron chi connectivity index (χ1n) is 15.2.